The Morgan fingerprint density at radius 1 is 0.356 bits per heavy atom. The van der Waals surface area contributed by atoms with Crippen LogP contribution in [0.5, 0.6) is 0 Å². The number of hydrogen-bond donors (Lipinski definition) is 0. The molecule has 288 valence electrons. The van der Waals surface area contributed by atoms with Gasteiger partial charge in [-0.2, -0.15) is 36.8 Å². The summed E-state index contributed by atoms with van der Waals surface area (Å²) in [5.41, 5.74) is 8.99. The molecule has 59 heavy (non-hydrogen) atoms. The van der Waals surface area contributed by atoms with Gasteiger partial charge in [0.05, 0.1) is 0 Å². The maximum absolute atomic E-state index is 3.72. The summed E-state index contributed by atoms with van der Waals surface area (Å²) in [5.74, 6) is 0. The predicted octanol–water partition coefficient (Wildman–Crippen LogP) is 16.0. The third-order valence-corrected chi connectivity index (χ3v) is 10.7. The van der Waals surface area contributed by atoms with Gasteiger partial charge in [-0.3, -0.25) is 0 Å². The van der Waals surface area contributed by atoms with Crippen molar-refractivity contribution < 1.29 is 23.3 Å². The van der Waals surface area contributed by atoms with Crippen LogP contribution in [0.15, 0.2) is 200 Å². The standard InChI is InChI=1S/2C24H17.C7H7.2ClH.Si.Zr/c2*1-16-12-19-8-4-10-21(23(19)13-16)22-11-5-9-20-14-17-6-2-3-7-18(17)15-24(20)22;1-7-5-3-2-4-6-7;;;;/h2*2-15H,1H3;2-6H,1H2;2*1H;;/q3*-1;;;;. The minimum atomic E-state index is 0. The van der Waals surface area contributed by atoms with Crippen molar-refractivity contribution in [2.75, 3.05) is 0 Å². The Kier molecular flexibility index (Phi) is 14.5. The van der Waals surface area contributed by atoms with Crippen LogP contribution in [0.4, 0.5) is 0 Å². The van der Waals surface area contributed by atoms with Crippen LogP contribution >= 0.6 is 24.8 Å². The molecule has 0 spiro atoms. The van der Waals surface area contributed by atoms with Gasteiger partial charge < -0.3 is 0 Å². The monoisotopic (exact) mass is 891 g/mol. The van der Waals surface area contributed by atoms with E-state index >= 15 is 0 Å². The van der Waals surface area contributed by atoms with Gasteiger partial charge in [0.25, 0.3) is 0 Å². The van der Waals surface area contributed by atoms with E-state index in [0.717, 1.165) is 5.56 Å². The van der Waals surface area contributed by atoms with Gasteiger partial charge in [-0.15, -0.1) is 106 Å². The molecule has 0 N–H and O–H groups in total. The molecule has 0 heterocycles. The first kappa shape index (κ1) is 43.4. The summed E-state index contributed by atoms with van der Waals surface area (Å²) in [5, 5.41) is 15.8. The summed E-state index contributed by atoms with van der Waals surface area (Å²) in [4.78, 5) is 0. The molecule has 0 saturated heterocycles. The number of benzene rings is 9. The molecule has 0 atom stereocenters. The van der Waals surface area contributed by atoms with Crippen molar-refractivity contribution in [2.45, 2.75) is 13.8 Å². The first-order valence-corrected chi connectivity index (χ1v) is 23.5. The molecule has 0 aromatic heterocycles. The molecule has 11 rings (SSSR count). The van der Waals surface area contributed by atoms with Crippen molar-refractivity contribution >= 4 is 96.3 Å². The van der Waals surface area contributed by atoms with Gasteiger partial charge in [-0.05, 0) is 78.5 Å². The third-order valence-electron chi connectivity index (χ3n) is 10.7. The van der Waals surface area contributed by atoms with E-state index in [-0.39, 0.29) is 24.8 Å². The van der Waals surface area contributed by atoms with E-state index in [9.17, 15) is 0 Å². The SMILES string of the molecule is Cc1cc2c(-c3cccc4cc5ccccc5cc34)cccc2[cH-]1.Cc1cc2c(-c3cccc4cc5ccccc5cc34)cccc2[cH-]1.Cl.Cl.[CH2-]c1ccccc1.[Si]=[Zr]. The Labute approximate surface area is 376 Å². The molecule has 11 aromatic rings. The second-order valence-corrected chi connectivity index (χ2v) is 14.6. The maximum atomic E-state index is 3.72. The fourth-order valence-corrected chi connectivity index (χ4v) is 8.12. The zero-order chi connectivity index (χ0) is 39.3. The van der Waals surface area contributed by atoms with Crippen molar-refractivity contribution in [3.05, 3.63) is 224 Å². The van der Waals surface area contributed by atoms with E-state index in [1.54, 1.807) is 0 Å². The van der Waals surface area contributed by atoms with E-state index in [2.05, 4.69) is 198 Å². The van der Waals surface area contributed by atoms with Crippen LogP contribution < -0.4 is 0 Å². The number of rotatable bonds is 2. The van der Waals surface area contributed by atoms with Crippen molar-refractivity contribution in [1.82, 2.24) is 0 Å². The Morgan fingerprint density at radius 3 is 1.05 bits per heavy atom. The van der Waals surface area contributed by atoms with Gasteiger partial charge in [-0.25, -0.2) is 0 Å². The summed E-state index contributed by atoms with van der Waals surface area (Å²) in [6.45, 7) is 11.1. The summed E-state index contributed by atoms with van der Waals surface area (Å²) >= 11 is 1.36. The van der Waals surface area contributed by atoms with Crippen LogP contribution in [0, 0.1) is 20.8 Å². The molecule has 0 aliphatic heterocycles. The number of hydrogen-bond acceptors (Lipinski definition) is 0. The van der Waals surface area contributed by atoms with E-state index in [1.807, 2.05) is 30.3 Å². The molecule has 4 heteroatoms. The molecule has 2 radical (unpaired) electrons. The summed E-state index contributed by atoms with van der Waals surface area (Å²) in [6, 6.07) is 71.9. The number of fused-ring (bicyclic) bond motifs is 6. The van der Waals surface area contributed by atoms with Crippen molar-refractivity contribution in [3.8, 4) is 22.3 Å². The van der Waals surface area contributed by atoms with Gasteiger partial charge in [0, 0.05) is 0 Å². The molecule has 0 aliphatic rings. The number of aryl methyl sites for hydroxylation is 2. The van der Waals surface area contributed by atoms with Gasteiger partial charge in [0.15, 0.2) is 0 Å². The molecule has 0 fully saturated rings. The molecule has 0 aliphatic carbocycles. The van der Waals surface area contributed by atoms with Crippen LogP contribution in [0.25, 0.3) is 86.9 Å². The Morgan fingerprint density at radius 2 is 0.678 bits per heavy atom. The molecule has 11 aromatic carbocycles. The first-order chi connectivity index (χ1) is 28.0. The number of halogens is 2. The second kappa shape index (κ2) is 19.7. The first-order valence-electron chi connectivity index (χ1n) is 19.3. The van der Waals surface area contributed by atoms with E-state index in [1.165, 1.54) is 121 Å². The van der Waals surface area contributed by atoms with Crippen LogP contribution in [-0.4, -0.2) is 6.88 Å². The van der Waals surface area contributed by atoms with E-state index in [0.29, 0.717) is 0 Å². The predicted molar refractivity (Wildman–Crippen MR) is 261 cm³/mol. The van der Waals surface area contributed by atoms with Crippen molar-refractivity contribution in [2.24, 2.45) is 0 Å². The zero-order valence-electron chi connectivity index (χ0n) is 33.1. The summed E-state index contributed by atoms with van der Waals surface area (Å²) < 4.78 is 0. The van der Waals surface area contributed by atoms with Crippen molar-refractivity contribution in [1.29, 1.82) is 0 Å². The topological polar surface area (TPSA) is 0 Å². The molecule has 0 bridgehead atoms. The third kappa shape index (κ3) is 9.33. The van der Waals surface area contributed by atoms with Gasteiger partial charge in [0.1, 0.15) is 0 Å². The minimum absolute atomic E-state index is 0. The average molecular weight is 894 g/mol. The molecule has 0 unspecified atom stereocenters. The molecule has 0 saturated carbocycles. The second-order valence-electron chi connectivity index (χ2n) is 14.6. The van der Waals surface area contributed by atoms with E-state index in [4.69, 9.17) is 0 Å². The zero-order valence-corrected chi connectivity index (χ0v) is 38.2. The molecule has 0 nitrogen and oxygen atoms in total. The van der Waals surface area contributed by atoms with Crippen LogP contribution in [0.3, 0.4) is 0 Å². The molecular formula is C55H43Cl2SiZr-3. The Balaban J connectivity index is 0.000000160. The van der Waals surface area contributed by atoms with Crippen LogP contribution in [-0.2, 0) is 23.3 Å². The van der Waals surface area contributed by atoms with E-state index < -0.39 is 0 Å². The summed E-state index contributed by atoms with van der Waals surface area (Å²) in [7, 11) is 0. The normalized spacial score (nSPS) is 10.5. The van der Waals surface area contributed by atoms with Crippen LogP contribution in [0.1, 0.15) is 16.7 Å². The average Bonchev–Trinajstić information content (AvgIpc) is 3.84. The van der Waals surface area contributed by atoms with Crippen LogP contribution in [0.2, 0.25) is 0 Å². The fourth-order valence-electron chi connectivity index (χ4n) is 8.12. The van der Waals surface area contributed by atoms with Gasteiger partial charge in [-0.1, -0.05) is 128 Å². The van der Waals surface area contributed by atoms with Crippen molar-refractivity contribution in [3.63, 3.8) is 0 Å². The Hall–Kier alpha value is -5.21. The quantitative estimate of drug-likeness (QED) is 0.0921. The molecule has 0 amide bonds. The fraction of sp³-hybridized carbons (Fsp3) is 0.0364. The summed E-state index contributed by atoms with van der Waals surface area (Å²) in [6.07, 6.45) is 0. The molecular weight excluding hydrogens is 851 g/mol. The van der Waals surface area contributed by atoms with Gasteiger partial charge >= 0.3 is 30.2 Å². The van der Waals surface area contributed by atoms with Gasteiger partial charge in [0.2, 0.25) is 0 Å². The Bertz CT molecular complexity index is 2960.